The Morgan fingerprint density at radius 3 is 2.89 bits per heavy atom. The van der Waals surface area contributed by atoms with Crippen LogP contribution >= 0.6 is 11.3 Å². The van der Waals surface area contributed by atoms with Gasteiger partial charge in [0.15, 0.2) is 0 Å². The molecule has 0 saturated carbocycles. The monoisotopic (exact) mass is 263 g/mol. The fourth-order valence-electron chi connectivity index (χ4n) is 1.67. The number of carbonyl (C=O) groups is 1. The predicted molar refractivity (Wildman–Crippen MR) is 72.5 cm³/mol. The van der Waals surface area contributed by atoms with E-state index in [1.54, 1.807) is 17.5 Å². The highest BCUT2D eigenvalue weighted by molar-refractivity contribution is 7.10. The Morgan fingerprint density at radius 1 is 1.50 bits per heavy atom. The van der Waals surface area contributed by atoms with Gasteiger partial charge in [0.2, 0.25) is 5.91 Å². The summed E-state index contributed by atoms with van der Waals surface area (Å²) in [6, 6.07) is 6.05. The maximum Gasteiger partial charge on any atom is 0.222 e. The minimum absolute atomic E-state index is 0.00612. The average Bonchev–Trinajstić information content (AvgIpc) is 3.01. The Hall–Kier alpha value is -1.62. The smallest absolute Gasteiger partial charge is 0.222 e. The molecule has 2 rings (SSSR count). The largest absolute Gasteiger partial charge is 0.353 e. The summed E-state index contributed by atoms with van der Waals surface area (Å²) in [7, 11) is 0. The van der Waals surface area contributed by atoms with Gasteiger partial charge in [-0.15, -0.1) is 11.3 Å². The highest BCUT2D eigenvalue weighted by Crippen LogP contribution is 2.21. The molecule has 2 aromatic heterocycles. The molecule has 1 atom stereocenters. The maximum atomic E-state index is 11.6. The summed E-state index contributed by atoms with van der Waals surface area (Å²) < 4.78 is 1.88. The van der Waals surface area contributed by atoms with Gasteiger partial charge in [-0.2, -0.15) is 5.10 Å². The van der Waals surface area contributed by atoms with Crippen molar-refractivity contribution >= 4 is 17.2 Å². The highest BCUT2D eigenvalue weighted by Gasteiger charge is 2.17. The number of hydrogen-bond donors (Lipinski definition) is 1. The predicted octanol–water partition coefficient (Wildman–Crippen LogP) is 2.31. The molecule has 0 aliphatic rings. The zero-order valence-electron chi connectivity index (χ0n) is 10.5. The van der Waals surface area contributed by atoms with E-state index in [2.05, 4.69) is 16.5 Å². The van der Waals surface area contributed by atoms with Crippen molar-refractivity contribution in [3.05, 3.63) is 40.8 Å². The minimum atomic E-state index is 0.00612. The summed E-state index contributed by atoms with van der Waals surface area (Å²) in [6.07, 6.45) is 3.68. The first-order chi connectivity index (χ1) is 8.68. The molecule has 2 aromatic rings. The zero-order chi connectivity index (χ0) is 13.0. The highest BCUT2D eigenvalue weighted by atomic mass is 32.1. The third-order valence-electron chi connectivity index (χ3n) is 2.71. The van der Waals surface area contributed by atoms with Crippen LogP contribution in [0.2, 0.25) is 0 Å². The van der Waals surface area contributed by atoms with Crippen LogP contribution in [0.15, 0.2) is 36.0 Å². The van der Waals surface area contributed by atoms with Gasteiger partial charge >= 0.3 is 0 Å². The molecule has 0 fully saturated rings. The van der Waals surface area contributed by atoms with Gasteiger partial charge < -0.3 is 5.32 Å². The number of thiophene rings is 1. The molecule has 0 spiro atoms. The molecule has 0 aliphatic heterocycles. The second kappa shape index (κ2) is 5.82. The van der Waals surface area contributed by atoms with Crippen LogP contribution in [0.25, 0.3) is 0 Å². The van der Waals surface area contributed by atoms with Gasteiger partial charge in [-0.25, -0.2) is 0 Å². The molecule has 1 N–H and O–H groups in total. The molecule has 0 aliphatic carbocycles. The molecule has 5 heteroatoms. The summed E-state index contributed by atoms with van der Waals surface area (Å²) >= 11 is 1.68. The van der Waals surface area contributed by atoms with Crippen molar-refractivity contribution in [1.82, 2.24) is 15.1 Å². The van der Waals surface area contributed by atoms with E-state index < -0.39 is 0 Å². The first kappa shape index (κ1) is 12.8. The maximum absolute atomic E-state index is 11.6. The second-order valence-electron chi connectivity index (χ2n) is 4.42. The lowest BCUT2D eigenvalue weighted by Crippen LogP contribution is -2.33. The van der Waals surface area contributed by atoms with Crippen LogP contribution in [0.5, 0.6) is 0 Å². The van der Waals surface area contributed by atoms with E-state index in [9.17, 15) is 4.79 Å². The van der Waals surface area contributed by atoms with E-state index in [1.807, 2.05) is 42.2 Å². The fourth-order valence-corrected chi connectivity index (χ4v) is 2.49. The van der Waals surface area contributed by atoms with Gasteiger partial charge in [-0.05, 0) is 17.5 Å². The summed E-state index contributed by atoms with van der Waals surface area (Å²) in [4.78, 5) is 12.8. The van der Waals surface area contributed by atoms with E-state index in [1.165, 1.54) is 4.88 Å². The Balaban J connectivity index is 2.10. The molecule has 96 valence electrons. The second-order valence-corrected chi connectivity index (χ2v) is 5.40. The van der Waals surface area contributed by atoms with Gasteiger partial charge in [0.25, 0.3) is 0 Å². The molecule has 0 radical (unpaired) electrons. The van der Waals surface area contributed by atoms with Crippen LogP contribution in [-0.4, -0.2) is 22.2 Å². The fraction of sp³-hybridized carbons (Fsp3) is 0.385. The normalized spacial score (nSPS) is 12.6. The number of nitrogens with one attached hydrogen (secondary N) is 1. The number of aromatic nitrogens is 2. The van der Waals surface area contributed by atoms with E-state index in [4.69, 9.17) is 0 Å². The Bertz CT molecular complexity index is 442. The van der Waals surface area contributed by atoms with Crippen LogP contribution in [0, 0.1) is 5.92 Å². The quantitative estimate of drug-likeness (QED) is 0.899. The van der Waals surface area contributed by atoms with Crippen LogP contribution < -0.4 is 5.32 Å². The Labute approximate surface area is 111 Å². The summed E-state index contributed by atoms with van der Waals surface area (Å²) in [5, 5.41) is 9.27. The summed E-state index contributed by atoms with van der Waals surface area (Å²) in [5.41, 5.74) is 0. The van der Waals surface area contributed by atoms with Crippen molar-refractivity contribution in [2.75, 3.05) is 6.54 Å². The number of hydrogen-bond acceptors (Lipinski definition) is 3. The van der Waals surface area contributed by atoms with E-state index in [0.717, 1.165) is 0 Å². The summed E-state index contributed by atoms with van der Waals surface area (Å²) in [6.45, 7) is 4.35. The van der Waals surface area contributed by atoms with Crippen molar-refractivity contribution in [3.8, 4) is 0 Å². The first-order valence-electron chi connectivity index (χ1n) is 5.98. The van der Waals surface area contributed by atoms with Crippen molar-refractivity contribution in [3.63, 3.8) is 0 Å². The zero-order valence-corrected chi connectivity index (χ0v) is 11.4. The lowest BCUT2D eigenvalue weighted by molar-refractivity contribution is -0.124. The molecule has 18 heavy (non-hydrogen) atoms. The van der Waals surface area contributed by atoms with Crippen molar-refractivity contribution in [2.24, 2.45) is 5.92 Å². The third-order valence-corrected chi connectivity index (χ3v) is 3.68. The number of nitrogens with zero attached hydrogens (tertiary/aromatic N) is 2. The minimum Gasteiger partial charge on any atom is -0.353 e. The van der Waals surface area contributed by atoms with E-state index in [0.29, 0.717) is 6.54 Å². The van der Waals surface area contributed by atoms with Gasteiger partial charge in [0, 0.05) is 29.7 Å². The lowest BCUT2D eigenvalue weighted by atomic mass is 10.2. The van der Waals surface area contributed by atoms with Gasteiger partial charge in [0.1, 0.15) is 6.04 Å². The summed E-state index contributed by atoms with van der Waals surface area (Å²) in [5.74, 6) is 0.0790. The standard InChI is InChI=1S/C13H17N3OS/c1-10(2)13(17)14-9-11(12-5-3-8-18-12)16-7-4-6-15-16/h3-8,10-11H,9H2,1-2H3,(H,14,17). The van der Waals surface area contributed by atoms with Crippen molar-refractivity contribution in [2.45, 2.75) is 19.9 Å². The molecule has 1 unspecified atom stereocenters. The lowest BCUT2D eigenvalue weighted by Gasteiger charge is -2.17. The SMILES string of the molecule is CC(C)C(=O)NCC(c1cccs1)n1cccn1. The van der Waals surface area contributed by atoms with Crippen LogP contribution in [-0.2, 0) is 4.79 Å². The van der Waals surface area contributed by atoms with Gasteiger partial charge in [0.05, 0.1) is 0 Å². The Kier molecular flexibility index (Phi) is 4.15. The van der Waals surface area contributed by atoms with E-state index in [-0.39, 0.29) is 17.9 Å². The molecule has 0 bridgehead atoms. The van der Waals surface area contributed by atoms with Crippen LogP contribution in [0.3, 0.4) is 0 Å². The number of carbonyl (C=O) groups excluding carboxylic acids is 1. The van der Waals surface area contributed by atoms with Gasteiger partial charge in [-0.3, -0.25) is 9.48 Å². The molecular weight excluding hydrogens is 246 g/mol. The molecule has 2 heterocycles. The molecule has 0 aromatic carbocycles. The average molecular weight is 263 g/mol. The van der Waals surface area contributed by atoms with Gasteiger partial charge in [-0.1, -0.05) is 19.9 Å². The Morgan fingerprint density at radius 2 is 2.33 bits per heavy atom. The third kappa shape index (κ3) is 2.98. The molecule has 1 amide bonds. The van der Waals surface area contributed by atoms with Crippen LogP contribution in [0.4, 0.5) is 0 Å². The van der Waals surface area contributed by atoms with Crippen molar-refractivity contribution < 1.29 is 4.79 Å². The molecule has 0 saturated heterocycles. The molecular formula is C13H17N3OS. The van der Waals surface area contributed by atoms with Crippen LogP contribution in [0.1, 0.15) is 24.8 Å². The topological polar surface area (TPSA) is 46.9 Å². The van der Waals surface area contributed by atoms with Crippen molar-refractivity contribution in [1.29, 1.82) is 0 Å². The number of rotatable bonds is 5. The number of amides is 1. The van der Waals surface area contributed by atoms with E-state index >= 15 is 0 Å². The first-order valence-corrected chi connectivity index (χ1v) is 6.86. The molecule has 4 nitrogen and oxygen atoms in total.